The van der Waals surface area contributed by atoms with Crippen LogP contribution < -0.4 is 16.3 Å². The number of hydrogen-bond acceptors (Lipinski definition) is 6. The first kappa shape index (κ1) is 20.7. The van der Waals surface area contributed by atoms with E-state index in [0.717, 1.165) is 0 Å². The maximum atomic E-state index is 12.4. The smallest absolute Gasteiger partial charge is 0.330 e. The highest BCUT2D eigenvalue weighted by atomic mass is 35.5. The number of halogens is 1. The first-order chi connectivity index (χ1) is 12.3. The third-order valence-electron chi connectivity index (χ3n) is 3.86. The molecule has 1 fully saturated rings. The van der Waals surface area contributed by atoms with E-state index in [0.29, 0.717) is 12.1 Å². The highest BCUT2D eigenvalue weighted by molar-refractivity contribution is 7.58. The fourth-order valence-corrected chi connectivity index (χ4v) is 4.16. The normalized spacial score (nSPS) is 24.8. The molecule has 1 saturated heterocycles. The molecule has 1 aromatic heterocycles. The van der Waals surface area contributed by atoms with E-state index >= 15 is 0 Å². The molecule has 0 saturated carbocycles. The number of aromatic nitrogens is 2. The Morgan fingerprint density at radius 1 is 1.62 bits per heavy atom. The van der Waals surface area contributed by atoms with Gasteiger partial charge in [-0.2, -0.15) is 0 Å². The first-order valence-corrected chi connectivity index (χ1v) is 10.2. The zero-order valence-electron chi connectivity index (χ0n) is 14.3. The van der Waals surface area contributed by atoms with E-state index < -0.39 is 37.1 Å². The number of hydrogen-bond donors (Lipinski definition) is 2. The van der Waals surface area contributed by atoms with Crippen molar-refractivity contribution in [3.05, 3.63) is 43.0 Å². The van der Waals surface area contributed by atoms with E-state index in [1.165, 1.54) is 10.8 Å². The summed E-state index contributed by atoms with van der Waals surface area (Å²) in [5, 5.41) is 6.36. The van der Waals surface area contributed by atoms with E-state index in [2.05, 4.69) is 20.1 Å². The van der Waals surface area contributed by atoms with E-state index in [1.54, 1.807) is 13.8 Å². The van der Waals surface area contributed by atoms with Crippen molar-refractivity contribution in [2.24, 2.45) is 5.11 Å². The van der Waals surface area contributed by atoms with Gasteiger partial charge >= 0.3 is 5.69 Å². The number of H-pyrrole nitrogens is 1. The lowest BCUT2D eigenvalue weighted by molar-refractivity contribution is -0.0222. The van der Waals surface area contributed by atoms with E-state index in [4.69, 9.17) is 26.4 Å². The molecule has 2 heterocycles. The summed E-state index contributed by atoms with van der Waals surface area (Å²) in [7, 11) is -3.23. The second-order valence-electron chi connectivity index (χ2n) is 5.72. The second kappa shape index (κ2) is 8.85. The van der Waals surface area contributed by atoms with Crippen molar-refractivity contribution in [1.82, 2.24) is 14.6 Å². The van der Waals surface area contributed by atoms with Crippen LogP contribution in [-0.4, -0.2) is 40.5 Å². The van der Waals surface area contributed by atoms with Crippen LogP contribution in [0.1, 0.15) is 25.1 Å². The number of aryl methyl sites for hydroxylation is 1. The Morgan fingerprint density at radius 3 is 2.96 bits per heavy atom. The molecule has 144 valence electrons. The van der Waals surface area contributed by atoms with Crippen LogP contribution in [0.3, 0.4) is 0 Å². The monoisotopic (exact) mass is 406 g/mol. The summed E-state index contributed by atoms with van der Waals surface area (Å²) >= 11 is 5.70. The fraction of sp³-hybridized carbons (Fsp3) is 0.692. The number of alkyl halides is 1. The average molecular weight is 407 g/mol. The van der Waals surface area contributed by atoms with Crippen LogP contribution in [0.25, 0.3) is 10.4 Å². The van der Waals surface area contributed by atoms with Crippen LogP contribution >= 0.6 is 19.1 Å². The number of nitrogens with zero attached hydrogens (tertiary/aromatic N) is 4. The molecule has 11 nitrogen and oxygen atoms in total. The summed E-state index contributed by atoms with van der Waals surface area (Å²) < 4.78 is 24.8. The van der Waals surface area contributed by atoms with E-state index in [-0.39, 0.29) is 18.6 Å². The zero-order chi connectivity index (χ0) is 19.3. The SMILES string of the molecule is CCNP(=O)(CCl)OC[C@H]1O[C@@H](n2cc(C)c(=O)[nH]c2=O)CC1N=[N+]=[N-]. The van der Waals surface area contributed by atoms with Crippen LogP contribution in [0.2, 0.25) is 0 Å². The topological polar surface area (TPSA) is 151 Å². The molecule has 0 aliphatic carbocycles. The Balaban J connectivity index is 2.19. The van der Waals surface area contributed by atoms with Gasteiger partial charge in [-0.1, -0.05) is 12.0 Å². The summed E-state index contributed by atoms with van der Waals surface area (Å²) in [6.07, 6.45) is 0.113. The van der Waals surface area contributed by atoms with Crippen molar-refractivity contribution < 1.29 is 13.8 Å². The van der Waals surface area contributed by atoms with Crippen LogP contribution in [0.4, 0.5) is 0 Å². The maximum absolute atomic E-state index is 12.4. The maximum Gasteiger partial charge on any atom is 0.330 e. The van der Waals surface area contributed by atoms with Crippen molar-refractivity contribution in [3.63, 3.8) is 0 Å². The Bertz CT molecular complexity index is 850. The first-order valence-electron chi connectivity index (χ1n) is 7.90. The summed E-state index contributed by atoms with van der Waals surface area (Å²) in [6, 6.07) is -0.630. The lowest BCUT2D eigenvalue weighted by atomic mass is 10.1. The highest BCUT2D eigenvalue weighted by Gasteiger charge is 2.38. The Morgan fingerprint density at radius 2 is 2.35 bits per heavy atom. The molecule has 1 aliphatic heterocycles. The lowest BCUT2D eigenvalue weighted by Gasteiger charge is -2.21. The van der Waals surface area contributed by atoms with Crippen LogP contribution in [0.15, 0.2) is 20.9 Å². The predicted molar refractivity (Wildman–Crippen MR) is 95.5 cm³/mol. The highest BCUT2D eigenvalue weighted by Crippen LogP contribution is 2.44. The van der Waals surface area contributed by atoms with Gasteiger partial charge in [-0.15, -0.1) is 11.6 Å². The molecule has 1 aromatic rings. The number of rotatable bonds is 8. The van der Waals surface area contributed by atoms with Gasteiger partial charge in [0.05, 0.1) is 18.8 Å². The minimum Gasteiger partial charge on any atom is -0.352 e. The minimum absolute atomic E-state index is 0.131. The van der Waals surface area contributed by atoms with Crippen molar-refractivity contribution in [1.29, 1.82) is 0 Å². The molecule has 26 heavy (non-hydrogen) atoms. The average Bonchev–Trinajstić information content (AvgIpc) is 3.00. The van der Waals surface area contributed by atoms with E-state index in [1.807, 2.05) is 0 Å². The van der Waals surface area contributed by atoms with Gasteiger partial charge in [-0.05, 0) is 12.5 Å². The molecule has 13 heteroatoms. The molecular weight excluding hydrogens is 387 g/mol. The van der Waals surface area contributed by atoms with Gasteiger partial charge in [0.15, 0.2) is 0 Å². The number of azide groups is 1. The second-order valence-corrected chi connectivity index (χ2v) is 8.59. The van der Waals surface area contributed by atoms with Crippen molar-refractivity contribution in [3.8, 4) is 0 Å². The molecule has 1 aliphatic rings. The number of ether oxygens (including phenoxy) is 1. The molecule has 0 spiro atoms. The quantitative estimate of drug-likeness (QED) is 0.221. The van der Waals surface area contributed by atoms with Crippen molar-refractivity contribution >= 4 is 19.1 Å². The summed E-state index contributed by atoms with van der Waals surface area (Å²) in [4.78, 5) is 28.5. The summed E-state index contributed by atoms with van der Waals surface area (Å²) in [5.41, 5.74) is 7.76. The predicted octanol–water partition coefficient (Wildman–Crippen LogP) is 1.83. The Labute approximate surface area is 153 Å². The molecule has 2 N–H and O–H groups in total. The lowest BCUT2D eigenvalue weighted by Crippen LogP contribution is -2.33. The number of aromatic amines is 1. The Kier molecular flexibility index (Phi) is 7.05. The molecule has 2 unspecified atom stereocenters. The van der Waals surface area contributed by atoms with Gasteiger partial charge in [0, 0.05) is 29.6 Å². The van der Waals surface area contributed by atoms with Gasteiger partial charge in [-0.25, -0.2) is 9.88 Å². The van der Waals surface area contributed by atoms with Gasteiger partial charge in [0.2, 0.25) is 0 Å². The molecule has 0 radical (unpaired) electrons. The van der Waals surface area contributed by atoms with Gasteiger partial charge < -0.3 is 9.26 Å². The van der Waals surface area contributed by atoms with Crippen molar-refractivity contribution in [2.75, 3.05) is 18.8 Å². The molecule has 0 amide bonds. The summed E-state index contributed by atoms with van der Waals surface area (Å²) in [5.74, 6) is 0. The van der Waals surface area contributed by atoms with Crippen LogP contribution in [-0.2, 0) is 13.8 Å². The molecule has 0 bridgehead atoms. The van der Waals surface area contributed by atoms with Crippen LogP contribution in [0.5, 0.6) is 0 Å². The fourth-order valence-electron chi connectivity index (χ4n) is 2.58. The molecule has 4 atom stereocenters. The van der Waals surface area contributed by atoms with Gasteiger partial charge in [-0.3, -0.25) is 18.9 Å². The third kappa shape index (κ3) is 4.76. The standard InChI is InChI=1S/C13H20ClN6O5P/c1-3-16-26(23,7-14)24-6-10-9(18-19-15)4-11(25-10)20-5-8(2)12(21)17-13(20)22/h5,9-11H,3-4,6-7H2,1-2H3,(H,16,23)(H,17,21,22)/t9?,10-,11-,26?/m1/s1. The summed E-state index contributed by atoms with van der Waals surface area (Å²) in [6.45, 7) is 3.60. The van der Waals surface area contributed by atoms with Crippen LogP contribution in [0, 0.1) is 6.92 Å². The molecule has 2 rings (SSSR count). The largest absolute Gasteiger partial charge is 0.352 e. The van der Waals surface area contributed by atoms with Gasteiger partial charge in [0.1, 0.15) is 11.8 Å². The molecular formula is C13H20ClN6O5P. The third-order valence-corrected chi connectivity index (χ3v) is 6.49. The zero-order valence-corrected chi connectivity index (χ0v) is 15.9. The minimum atomic E-state index is -3.23. The van der Waals surface area contributed by atoms with Gasteiger partial charge in [0.25, 0.3) is 13.1 Å². The number of nitrogens with one attached hydrogen (secondary N) is 2. The Hall–Kier alpha value is -1.61. The van der Waals surface area contributed by atoms with Crippen molar-refractivity contribution in [2.45, 2.75) is 38.6 Å². The van der Waals surface area contributed by atoms with E-state index in [9.17, 15) is 14.2 Å². The molecule has 0 aromatic carbocycles.